The van der Waals surface area contributed by atoms with Crippen molar-refractivity contribution in [2.45, 2.75) is 24.7 Å². The molecule has 2 aromatic heterocycles. The van der Waals surface area contributed by atoms with Crippen LogP contribution in [0, 0.1) is 12.7 Å². The van der Waals surface area contributed by atoms with Gasteiger partial charge in [0.05, 0.1) is 5.69 Å². The van der Waals surface area contributed by atoms with Crippen LogP contribution in [0.2, 0.25) is 0 Å². The molecular formula is C17H18FN5O2S. The van der Waals surface area contributed by atoms with Crippen LogP contribution < -0.4 is 5.32 Å². The molecule has 0 aliphatic carbocycles. The largest absolute Gasteiger partial charge is 0.401 e. The second-order valence-corrected chi connectivity index (χ2v) is 6.83. The fourth-order valence-corrected chi connectivity index (χ4v) is 3.18. The van der Waals surface area contributed by atoms with Crippen molar-refractivity contribution in [3.63, 3.8) is 0 Å². The number of amides is 1. The van der Waals surface area contributed by atoms with Gasteiger partial charge in [-0.25, -0.2) is 4.39 Å². The summed E-state index contributed by atoms with van der Waals surface area (Å²) < 4.78 is 19.9. The standard InChI is InChI=1S/C17H18FN5O2S/c1-11-10-14(23(2)22-11)16-20-21-17(25-16)19-15(24)4-3-9-26-13-7-5-12(18)6-8-13/h5-8,10H,3-4,9H2,1-2H3,(H,19,21,24). The van der Waals surface area contributed by atoms with Gasteiger partial charge in [-0.1, -0.05) is 5.10 Å². The lowest BCUT2D eigenvalue weighted by Gasteiger charge is -2.02. The average Bonchev–Trinajstić information content (AvgIpc) is 3.19. The molecule has 3 aromatic rings. The van der Waals surface area contributed by atoms with Gasteiger partial charge in [0, 0.05) is 18.4 Å². The first-order valence-electron chi connectivity index (χ1n) is 8.04. The van der Waals surface area contributed by atoms with E-state index < -0.39 is 0 Å². The maximum atomic E-state index is 12.8. The van der Waals surface area contributed by atoms with Gasteiger partial charge in [-0.05, 0) is 49.4 Å². The van der Waals surface area contributed by atoms with E-state index in [1.807, 2.05) is 13.0 Å². The Morgan fingerprint density at radius 1 is 1.31 bits per heavy atom. The Morgan fingerprint density at radius 2 is 2.08 bits per heavy atom. The van der Waals surface area contributed by atoms with Crippen molar-refractivity contribution in [1.82, 2.24) is 20.0 Å². The lowest BCUT2D eigenvalue weighted by molar-refractivity contribution is -0.116. The first kappa shape index (κ1) is 18.1. The van der Waals surface area contributed by atoms with Gasteiger partial charge in [-0.3, -0.25) is 14.8 Å². The molecule has 1 aromatic carbocycles. The molecular weight excluding hydrogens is 357 g/mol. The van der Waals surface area contributed by atoms with E-state index in [4.69, 9.17) is 4.42 Å². The van der Waals surface area contributed by atoms with Crippen molar-refractivity contribution >= 4 is 23.7 Å². The Morgan fingerprint density at radius 3 is 2.77 bits per heavy atom. The van der Waals surface area contributed by atoms with Crippen LogP contribution in [0.3, 0.4) is 0 Å². The molecule has 0 spiro atoms. The zero-order valence-corrected chi connectivity index (χ0v) is 15.2. The molecule has 1 amide bonds. The van der Waals surface area contributed by atoms with Crippen LogP contribution in [0.5, 0.6) is 0 Å². The summed E-state index contributed by atoms with van der Waals surface area (Å²) >= 11 is 1.57. The molecule has 0 aliphatic heterocycles. The molecule has 0 radical (unpaired) electrons. The predicted molar refractivity (Wildman–Crippen MR) is 96.2 cm³/mol. The summed E-state index contributed by atoms with van der Waals surface area (Å²) in [6.45, 7) is 1.87. The van der Waals surface area contributed by atoms with Crippen LogP contribution in [0.25, 0.3) is 11.6 Å². The van der Waals surface area contributed by atoms with Gasteiger partial charge in [0.25, 0.3) is 5.89 Å². The number of carbonyl (C=O) groups excluding carboxylic acids is 1. The van der Waals surface area contributed by atoms with Crippen molar-refractivity contribution in [3.05, 3.63) is 41.8 Å². The van der Waals surface area contributed by atoms with Gasteiger partial charge in [0.1, 0.15) is 11.5 Å². The highest BCUT2D eigenvalue weighted by Gasteiger charge is 2.14. The summed E-state index contributed by atoms with van der Waals surface area (Å²) in [5.74, 6) is 0.605. The normalized spacial score (nSPS) is 10.9. The number of hydrogen-bond acceptors (Lipinski definition) is 6. The molecule has 0 aliphatic rings. The summed E-state index contributed by atoms with van der Waals surface area (Å²) in [6.07, 6.45) is 1.01. The second-order valence-electron chi connectivity index (χ2n) is 5.66. The van der Waals surface area contributed by atoms with Crippen LogP contribution in [0.15, 0.2) is 39.6 Å². The summed E-state index contributed by atoms with van der Waals surface area (Å²) in [7, 11) is 1.78. The smallest absolute Gasteiger partial charge is 0.322 e. The summed E-state index contributed by atoms with van der Waals surface area (Å²) in [4.78, 5) is 12.9. The molecule has 2 heterocycles. The third-order valence-electron chi connectivity index (χ3n) is 3.52. The fraction of sp³-hybridized carbons (Fsp3) is 0.294. The molecule has 0 saturated heterocycles. The van der Waals surface area contributed by atoms with Crippen molar-refractivity contribution in [2.75, 3.05) is 11.1 Å². The van der Waals surface area contributed by atoms with E-state index in [1.165, 1.54) is 12.1 Å². The third-order valence-corrected chi connectivity index (χ3v) is 4.62. The maximum Gasteiger partial charge on any atom is 0.322 e. The van der Waals surface area contributed by atoms with Crippen LogP contribution in [0.4, 0.5) is 10.4 Å². The van der Waals surface area contributed by atoms with Gasteiger partial charge >= 0.3 is 6.01 Å². The fourth-order valence-electron chi connectivity index (χ4n) is 2.32. The monoisotopic (exact) mass is 375 g/mol. The Kier molecular flexibility index (Phi) is 5.67. The number of benzene rings is 1. The average molecular weight is 375 g/mol. The Hall–Kier alpha value is -2.68. The number of nitrogens with one attached hydrogen (secondary N) is 1. The Bertz CT molecular complexity index is 891. The van der Waals surface area contributed by atoms with Crippen LogP contribution >= 0.6 is 11.8 Å². The number of carbonyl (C=O) groups is 1. The van der Waals surface area contributed by atoms with E-state index in [1.54, 1.807) is 35.6 Å². The maximum absolute atomic E-state index is 12.8. The highest BCUT2D eigenvalue weighted by molar-refractivity contribution is 7.99. The number of thioether (sulfide) groups is 1. The zero-order valence-electron chi connectivity index (χ0n) is 14.4. The van der Waals surface area contributed by atoms with Crippen LogP contribution in [0.1, 0.15) is 18.5 Å². The molecule has 1 N–H and O–H groups in total. The van der Waals surface area contributed by atoms with E-state index in [0.29, 0.717) is 24.4 Å². The predicted octanol–water partition coefficient (Wildman–Crippen LogP) is 3.43. The quantitative estimate of drug-likeness (QED) is 0.503. The third kappa shape index (κ3) is 4.69. The van der Waals surface area contributed by atoms with E-state index >= 15 is 0 Å². The molecule has 0 unspecified atom stereocenters. The minimum absolute atomic E-state index is 0.0649. The van der Waals surface area contributed by atoms with E-state index in [0.717, 1.165) is 16.3 Å². The van der Waals surface area contributed by atoms with Gasteiger partial charge in [0.15, 0.2) is 0 Å². The van der Waals surface area contributed by atoms with Crippen molar-refractivity contribution in [3.8, 4) is 11.6 Å². The van der Waals surface area contributed by atoms with Crippen LogP contribution in [-0.4, -0.2) is 31.6 Å². The highest BCUT2D eigenvalue weighted by atomic mass is 32.2. The van der Waals surface area contributed by atoms with Crippen LogP contribution in [-0.2, 0) is 11.8 Å². The summed E-state index contributed by atoms with van der Waals surface area (Å²) in [5.41, 5.74) is 1.52. The van der Waals surface area contributed by atoms with Gasteiger partial charge in [-0.15, -0.1) is 16.9 Å². The molecule has 9 heteroatoms. The lowest BCUT2D eigenvalue weighted by atomic mass is 10.3. The number of nitrogens with zero attached hydrogens (tertiary/aromatic N) is 4. The molecule has 26 heavy (non-hydrogen) atoms. The molecule has 7 nitrogen and oxygen atoms in total. The van der Waals surface area contributed by atoms with Crippen molar-refractivity contribution in [2.24, 2.45) is 7.05 Å². The number of hydrogen-bond donors (Lipinski definition) is 1. The Balaban J connectivity index is 1.45. The SMILES string of the molecule is Cc1cc(-c2nnc(NC(=O)CCCSc3ccc(F)cc3)o2)n(C)n1. The van der Waals surface area contributed by atoms with E-state index in [2.05, 4.69) is 20.6 Å². The minimum atomic E-state index is -0.256. The van der Waals surface area contributed by atoms with E-state index in [-0.39, 0.29) is 17.7 Å². The molecule has 0 bridgehead atoms. The molecule has 0 fully saturated rings. The molecule has 136 valence electrons. The second kappa shape index (κ2) is 8.13. The zero-order chi connectivity index (χ0) is 18.5. The first-order chi connectivity index (χ1) is 12.5. The summed E-state index contributed by atoms with van der Waals surface area (Å²) in [6, 6.07) is 8.18. The highest BCUT2D eigenvalue weighted by Crippen LogP contribution is 2.21. The van der Waals surface area contributed by atoms with Crippen molar-refractivity contribution < 1.29 is 13.6 Å². The first-order valence-corrected chi connectivity index (χ1v) is 9.02. The topological polar surface area (TPSA) is 85.8 Å². The molecule has 3 rings (SSSR count). The van der Waals surface area contributed by atoms with E-state index in [9.17, 15) is 9.18 Å². The van der Waals surface area contributed by atoms with Gasteiger partial charge < -0.3 is 4.42 Å². The summed E-state index contributed by atoms with van der Waals surface area (Å²) in [5, 5.41) is 14.6. The number of aryl methyl sites for hydroxylation is 2. The van der Waals surface area contributed by atoms with Gasteiger partial charge in [-0.2, -0.15) is 5.10 Å². The number of aromatic nitrogens is 4. The van der Waals surface area contributed by atoms with Crippen molar-refractivity contribution in [1.29, 1.82) is 0 Å². The van der Waals surface area contributed by atoms with Gasteiger partial charge in [0.2, 0.25) is 5.91 Å². The lowest BCUT2D eigenvalue weighted by Crippen LogP contribution is -2.11. The number of halogens is 1. The minimum Gasteiger partial charge on any atom is -0.401 e. The number of rotatable bonds is 7. The Labute approximate surface area is 154 Å². The number of anilines is 1. The molecule has 0 saturated carbocycles. The molecule has 0 atom stereocenters.